The molecule has 17 heteroatoms. The Balaban J connectivity index is 1.43. The fraction of sp³-hybridized carbons (Fsp3) is 0.308. The van der Waals surface area contributed by atoms with E-state index < -0.39 is 61.2 Å². The molecule has 0 bridgehead atoms. The largest absolute Gasteiger partial charge is 0.480 e. The Labute approximate surface area is 252 Å². The second-order valence-electron chi connectivity index (χ2n) is 9.22. The van der Waals surface area contributed by atoms with Crippen LogP contribution in [0.2, 0.25) is 0 Å². The number of anilines is 1. The van der Waals surface area contributed by atoms with Crippen molar-refractivity contribution in [2.45, 2.75) is 42.6 Å². The standard InChI is InChI=1S/C26H27BrFN4O10P/c1-16(22(34)35)31-43(38,42-18-10-6-3-7-11-18)40-15-19-21(33)26(27,28)23(41-19)32-13-12-20(29-24(32)36)30-25(37)39-14-17-8-4-2-5-9-17/h2-13,16,19,21,23,33H,14-15H2,1H3,(H,31,38)(H,34,35)(H,29,30,36,37)/t16-,19+,21+,23+,26-,43?/m0/s1. The number of rotatable bonds is 12. The van der Waals surface area contributed by atoms with Crippen molar-refractivity contribution >= 4 is 41.6 Å². The number of aliphatic hydroxyl groups excluding tert-OH is 1. The molecule has 230 valence electrons. The van der Waals surface area contributed by atoms with Gasteiger partial charge in [-0.1, -0.05) is 48.5 Å². The van der Waals surface area contributed by atoms with E-state index >= 15 is 4.39 Å². The molecule has 2 heterocycles. The summed E-state index contributed by atoms with van der Waals surface area (Å²) < 4.78 is 48.4. The third-order valence-corrected chi connectivity index (χ3v) is 8.51. The number of hydrogen-bond donors (Lipinski definition) is 4. The summed E-state index contributed by atoms with van der Waals surface area (Å²) in [5, 5.41) is 24.4. The van der Waals surface area contributed by atoms with Crippen molar-refractivity contribution in [2.75, 3.05) is 11.9 Å². The summed E-state index contributed by atoms with van der Waals surface area (Å²) in [5.74, 6) is -1.46. The van der Waals surface area contributed by atoms with E-state index in [9.17, 15) is 29.2 Å². The number of nitrogens with zero attached hydrogens (tertiary/aromatic N) is 2. The SMILES string of the molecule is C[C@H](NP(=O)(OC[C@H]1O[C@@H](n2ccc(NC(=O)OCc3ccccc3)nc2=O)[C@](F)(Br)[C@@H]1O)Oc1ccccc1)C(=O)O. The number of carbonyl (C=O) groups excluding carboxylic acids is 1. The van der Waals surface area contributed by atoms with Crippen LogP contribution in [0.15, 0.2) is 77.7 Å². The van der Waals surface area contributed by atoms with Gasteiger partial charge in [-0.15, -0.1) is 0 Å². The first-order valence-electron chi connectivity index (χ1n) is 12.7. The van der Waals surface area contributed by atoms with E-state index in [1.54, 1.807) is 42.5 Å². The van der Waals surface area contributed by atoms with Crippen LogP contribution in [0.1, 0.15) is 18.7 Å². The van der Waals surface area contributed by atoms with Crippen LogP contribution >= 0.6 is 23.7 Å². The number of aliphatic carboxylic acids is 1. The van der Waals surface area contributed by atoms with Gasteiger partial charge in [0.2, 0.25) is 4.58 Å². The summed E-state index contributed by atoms with van der Waals surface area (Å²) >= 11 is 2.75. The molecule has 1 aliphatic rings. The van der Waals surface area contributed by atoms with Crippen LogP contribution in [0.25, 0.3) is 0 Å². The molecule has 1 unspecified atom stereocenters. The van der Waals surface area contributed by atoms with E-state index in [0.717, 1.165) is 16.3 Å². The number of halogens is 2. The van der Waals surface area contributed by atoms with Crippen LogP contribution in [0.4, 0.5) is 15.0 Å². The summed E-state index contributed by atoms with van der Waals surface area (Å²) in [7, 11) is -4.41. The summed E-state index contributed by atoms with van der Waals surface area (Å²) in [5.41, 5.74) is -0.306. The number of benzene rings is 2. The summed E-state index contributed by atoms with van der Waals surface area (Å²) in [6, 6.07) is 16.4. The van der Waals surface area contributed by atoms with Gasteiger partial charge in [0, 0.05) is 6.20 Å². The van der Waals surface area contributed by atoms with Gasteiger partial charge < -0.3 is 24.2 Å². The van der Waals surface area contributed by atoms with Crippen molar-refractivity contribution in [1.82, 2.24) is 14.6 Å². The minimum Gasteiger partial charge on any atom is -0.480 e. The van der Waals surface area contributed by atoms with Gasteiger partial charge in [-0.25, -0.2) is 18.5 Å². The maximum atomic E-state index is 15.7. The molecule has 4 N–H and O–H groups in total. The van der Waals surface area contributed by atoms with Crippen LogP contribution in [0, 0.1) is 0 Å². The smallest absolute Gasteiger partial charge is 0.459 e. The molecule has 43 heavy (non-hydrogen) atoms. The molecule has 1 amide bonds. The lowest BCUT2D eigenvalue weighted by atomic mass is 10.1. The maximum absolute atomic E-state index is 15.7. The number of ether oxygens (including phenoxy) is 2. The van der Waals surface area contributed by atoms with Gasteiger partial charge >= 0.3 is 25.5 Å². The predicted octanol–water partition coefficient (Wildman–Crippen LogP) is 3.58. The monoisotopic (exact) mass is 684 g/mol. The average molecular weight is 685 g/mol. The number of carbonyl (C=O) groups is 2. The highest BCUT2D eigenvalue weighted by molar-refractivity contribution is 9.10. The molecule has 0 radical (unpaired) electrons. The molecule has 1 fully saturated rings. The van der Waals surface area contributed by atoms with Crippen molar-refractivity contribution in [3.05, 3.63) is 89.0 Å². The van der Waals surface area contributed by atoms with Crippen molar-refractivity contribution in [3.8, 4) is 5.75 Å². The molecule has 0 saturated carbocycles. The van der Waals surface area contributed by atoms with E-state index in [2.05, 4.69) is 31.3 Å². The molecule has 6 atom stereocenters. The number of carboxylic acid groups (broad SMARTS) is 1. The molecule has 0 aliphatic carbocycles. The van der Waals surface area contributed by atoms with Gasteiger partial charge in [-0.05, 0) is 46.6 Å². The zero-order chi connectivity index (χ0) is 31.2. The molecule has 1 aromatic heterocycles. The Hall–Kier alpha value is -3.66. The molecule has 4 rings (SSSR count). The van der Waals surface area contributed by atoms with Crippen LogP contribution in [0.5, 0.6) is 5.75 Å². The van der Waals surface area contributed by atoms with Crippen LogP contribution in [0.3, 0.4) is 0 Å². The summed E-state index contributed by atoms with van der Waals surface area (Å²) in [6.07, 6.45) is -5.06. The number of hydrogen-bond acceptors (Lipinski definition) is 10. The lowest BCUT2D eigenvalue weighted by molar-refractivity contribution is -0.138. The number of nitrogens with one attached hydrogen (secondary N) is 2. The topological polar surface area (TPSA) is 188 Å². The minimum atomic E-state index is -4.41. The van der Waals surface area contributed by atoms with E-state index in [0.29, 0.717) is 0 Å². The third-order valence-electron chi connectivity index (χ3n) is 6.00. The Kier molecular flexibility index (Phi) is 10.3. The van der Waals surface area contributed by atoms with Crippen molar-refractivity contribution < 1.29 is 47.3 Å². The van der Waals surface area contributed by atoms with Crippen LogP contribution in [-0.4, -0.2) is 61.3 Å². The molecule has 1 saturated heterocycles. The third kappa shape index (κ3) is 8.25. The van der Waals surface area contributed by atoms with E-state index in [-0.39, 0.29) is 18.2 Å². The maximum Gasteiger partial charge on any atom is 0.459 e. The fourth-order valence-electron chi connectivity index (χ4n) is 3.80. The number of aromatic nitrogens is 2. The molecule has 1 aliphatic heterocycles. The van der Waals surface area contributed by atoms with E-state index in [4.69, 9.17) is 18.5 Å². The number of amides is 1. The van der Waals surface area contributed by atoms with Gasteiger partial charge in [0.05, 0.1) is 6.61 Å². The highest BCUT2D eigenvalue weighted by Crippen LogP contribution is 2.49. The van der Waals surface area contributed by atoms with Gasteiger partial charge in [0.1, 0.15) is 36.4 Å². The molecule has 3 aromatic rings. The van der Waals surface area contributed by atoms with Crippen LogP contribution < -0.4 is 20.6 Å². The fourth-order valence-corrected chi connectivity index (χ4v) is 5.94. The number of carboxylic acids is 1. The minimum absolute atomic E-state index is 0.0248. The van der Waals surface area contributed by atoms with Gasteiger partial charge in [-0.3, -0.25) is 19.2 Å². The Morgan fingerprint density at radius 3 is 2.47 bits per heavy atom. The first-order valence-corrected chi connectivity index (χ1v) is 15.0. The Morgan fingerprint density at radius 1 is 1.19 bits per heavy atom. The summed E-state index contributed by atoms with van der Waals surface area (Å²) in [4.78, 5) is 39.9. The van der Waals surface area contributed by atoms with Gasteiger partial charge in [0.25, 0.3) is 0 Å². The molecular weight excluding hydrogens is 658 g/mol. The average Bonchev–Trinajstić information content (AvgIpc) is 3.19. The Morgan fingerprint density at radius 2 is 1.84 bits per heavy atom. The lowest BCUT2D eigenvalue weighted by Gasteiger charge is -2.24. The number of alkyl halides is 2. The quantitative estimate of drug-likeness (QED) is 0.161. The summed E-state index contributed by atoms with van der Waals surface area (Å²) in [6.45, 7) is 0.437. The first kappa shape index (κ1) is 32.3. The molecular formula is C26H27BrFN4O10P. The molecule has 2 aromatic carbocycles. The second kappa shape index (κ2) is 13.8. The van der Waals surface area contributed by atoms with Gasteiger partial charge in [-0.2, -0.15) is 10.1 Å². The highest BCUT2D eigenvalue weighted by atomic mass is 79.9. The van der Waals surface area contributed by atoms with Crippen molar-refractivity contribution in [2.24, 2.45) is 0 Å². The molecule has 0 spiro atoms. The lowest BCUT2D eigenvalue weighted by Crippen LogP contribution is -2.41. The number of aliphatic hydroxyl groups is 1. The van der Waals surface area contributed by atoms with E-state index in [1.165, 1.54) is 25.1 Å². The first-order chi connectivity index (χ1) is 20.4. The predicted molar refractivity (Wildman–Crippen MR) is 152 cm³/mol. The van der Waals surface area contributed by atoms with Gasteiger partial charge in [0.15, 0.2) is 6.23 Å². The Bertz CT molecular complexity index is 1530. The van der Waals surface area contributed by atoms with Crippen LogP contribution in [-0.2, 0) is 30.0 Å². The zero-order valence-electron chi connectivity index (χ0n) is 22.4. The highest BCUT2D eigenvalue weighted by Gasteiger charge is 2.57. The van der Waals surface area contributed by atoms with E-state index in [1.807, 2.05) is 6.07 Å². The second-order valence-corrected chi connectivity index (χ2v) is 12.1. The zero-order valence-corrected chi connectivity index (χ0v) is 24.9. The normalized spacial score (nSPS) is 23.6. The molecule has 14 nitrogen and oxygen atoms in total. The number of para-hydroxylation sites is 1. The van der Waals surface area contributed by atoms with Crippen molar-refractivity contribution in [1.29, 1.82) is 0 Å². The van der Waals surface area contributed by atoms with Crippen molar-refractivity contribution in [3.63, 3.8) is 0 Å².